The Labute approximate surface area is 162 Å². The SMILES string of the molecule is COc1ccccc1-c1ccoc1C(=O)c1occc1-c1ccccc1OC. The standard InChI is InChI=1S/C23H18O5/c1-25-19-9-5-3-7-15(19)17-11-13-27-22(17)21(24)23-18(12-14-28-23)16-8-4-6-10-20(16)26-2/h3-14H,1-2H3. The zero-order valence-corrected chi connectivity index (χ0v) is 15.5. The molecule has 2 aromatic heterocycles. The van der Waals surface area contributed by atoms with Gasteiger partial charge in [-0.2, -0.15) is 0 Å². The Morgan fingerprint density at radius 3 is 1.50 bits per heavy atom. The second kappa shape index (κ2) is 7.48. The van der Waals surface area contributed by atoms with Gasteiger partial charge in [0.25, 0.3) is 5.78 Å². The Kier molecular flexibility index (Phi) is 4.72. The summed E-state index contributed by atoms with van der Waals surface area (Å²) < 4.78 is 22.0. The lowest BCUT2D eigenvalue weighted by molar-refractivity contribution is 0.0985. The third-order valence-corrected chi connectivity index (χ3v) is 4.54. The van der Waals surface area contributed by atoms with E-state index in [1.165, 1.54) is 12.5 Å². The van der Waals surface area contributed by atoms with Crippen molar-refractivity contribution in [3.8, 4) is 33.8 Å². The van der Waals surface area contributed by atoms with E-state index in [0.29, 0.717) is 22.6 Å². The molecule has 5 heteroatoms. The van der Waals surface area contributed by atoms with Crippen LogP contribution < -0.4 is 9.47 Å². The third-order valence-electron chi connectivity index (χ3n) is 4.54. The Hall–Kier alpha value is -3.73. The molecule has 0 saturated carbocycles. The minimum Gasteiger partial charge on any atom is -0.496 e. The molecule has 5 nitrogen and oxygen atoms in total. The maximum atomic E-state index is 13.3. The molecule has 2 heterocycles. The smallest absolute Gasteiger partial charge is 0.264 e. The molecular formula is C23H18O5. The van der Waals surface area contributed by atoms with Crippen molar-refractivity contribution in [3.05, 3.63) is 84.7 Å². The van der Waals surface area contributed by atoms with Gasteiger partial charge in [0, 0.05) is 22.3 Å². The summed E-state index contributed by atoms with van der Waals surface area (Å²) in [5.74, 6) is 1.34. The summed E-state index contributed by atoms with van der Waals surface area (Å²) in [6.07, 6.45) is 2.97. The fourth-order valence-electron chi connectivity index (χ4n) is 3.23. The van der Waals surface area contributed by atoms with E-state index in [-0.39, 0.29) is 17.3 Å². The van der Waals surface area contributed by atoms with Gasteiger partial charge in [-0.1, -0.05) is 36.4 Å². The van der Waals surface area contributed by atoms with Gasteiger partial charge < -0.3 is 18.3 Å². The lowest BCUT2D eigenvalue weighted by atomic mass is 9.99. The van der Waals surface area contributed by atoms with Crippen LogP contribution in [0.2, 0.25) is 0 Å². The molecule has 4 aromatic rings. The first-order valence-corrected chi connectivity index (χ1v) is 8.71. The van der Waals surface area contributed by atoms with Gasteiger partial charge in [-0.25, -0.2) is 0 Å². The number of methoxy groups -OCH3 is 2. The van der Waals surface area contributed by atoms with E-state index in [1.807, 2.05) is 48.5 Å². The van der Waals surface area contributed by atoms with Crippen LogP contribution in [0.3, 0.4) is 0 Å². The van der Waals surface area contributed by atoms with Crippen LogP contribution in [0.15, 0.2) is 82.0 Å². The number of para-hydroxylation sites is 2. The van der Waals surface area contributed by atoms with Crippen LogP contribution >= 0.6 is 0 Å². The highest BCUT2D eigenvalue weighted by molar-refractivity contribution is 6.13. The van der Waals surface area contributed by atoms with E-state index in [4.69, 9.17) is 18.3 Å². The van der Waals surface area contributed by atoms with Crippen molar-refractivity contribution in [2.75, 3.05) is 14.2 Å². The van der Waals surface area contributed by atoms with Crippen molar-refractivity contribution in [3.63, 3.8) is 0 Å². The fraction of sp³-hybridized carbons (Fsp3) is 0.0870. The monoisotopic (exact) mass is 374 g/mol. The van der Waals surface area contributed by atoms with Crippen LogP contribution in [0.5, 0.6) is 11.5 Å². The number of hydrogen-bond acceptors (Lipinski definition) is 5. The molecule has 0 fully saturated rings. The van der Waals surface area contributed by atoms with Crippen LogP contribution in [0, 0.1) is 0 Å². The highest BCUT2D eigenvalue weighted by Crippen LogP contribution is 2.37. The second-order valence-corrected chi connectivity index (χ2v) is 6.06. The number of furan rings is 2. The molecule has 0 saturated heterocycles. The summed E-state index contributed by atoms with van der Waals surface area (Å²) in [5.41, 5.74) is 2.83. The summed E-state index contributed by atoms with van der Waals surface area (Å²) in [6.45, 7) is 0. The lowest BCUT2D eigenvalue weighted by Crippen LogP contribution is -2.03. The molecule has 0 spiro atoms. The lowest BCUT2D eigenvalue weighted by Gasteiger charge is -2.09. The van der Waals surface area contributed by atoms with Crippen LogP contribution in [0.4, 0.5) is 0 Å². The van der Waals surface area contributed by atoms with Gasteiger partial charge in [0.15, 0.2) is 11.5 Å². The van der Waals surface area contributed by atoms with Crippen molar-refractivity contribution < 1.29 is 23.1 Å². The van der Waals surface area contributed by atoms with Gasteiger partial charge in [-0.3, -0.25) is 4.79 Å². The Bertz CT molecular complexity index is 1030. The van der Waals surface area contributed by atoms with Gasteiger partial charge >= 0.3 is 0 Å². The maximum absolute atomic E-state index is 13.3. The highest BCUT2D eigenvalue weighted by Gasteiger charge is 2.26. The molecular weight excluding hydrogens is 356 g/mol. The van der Waals surface area contributed by atoms with Crippen LogP contribution in [0.1, 0.15) is 16.3 Å². The Morgan fingerprint density at radius 2 is 1.07 bits per heavy atom. The summed E-state index contributed by atoms with van der Waals surface area (Å²) in [6, 6.07) is 18.4. The van der Waals surface area contributed by atoms with E-state index in [0.717, 1.165) is 11.1 Å². The first-order valence-electron chi connectivity index (χ1n) is 8.71. The average molecular weight is 374 g/mol. The maximum Gasteiger partial charge on any atom is 0.264 e. The van der Waals surface area contributed by atoms with Crippen molar-refractivity contribution in [2.45, 2.75) is 0 Å². The molecule has 0 bridgehead atoms. The number of carbonyl (C=O) groups is 1. The zero-order valence-electron chi connectivity index (χ0n) is 15.5. The van der Waals surface area contributed by atoms with E-state index >= 15 is 0 Å². The Morgan fingerprint density at radius 1 is 0.643 bits per heavy atom. The number of ether oxygens (including phenoxy) is 2. The number of carbonyl (C=O) groups excluding carboxylic acids is 1. The fourth-order valence-corrected chi connectivity index (χ4v) is 3.23. The molecule has 0 N–H and O–H groups in total. The highest BCUT2D eigenvalue weighted by atomic mass is 16.5. The van der Waals surface area contributed by atoms with Gasteiger partial charge in [0.2, 0.25) is 0 Å². The molecule has 28 heavy (non-hydrogen) atoms. The van der Waals surface area contributed by atoms with Crippen LogP contribution in [0.25, 0.3) is 22.3 Å². The minimum atomic E-state index is -0.350. The quantitative estimate of drug-likeness (QED) is 0.420. The summed E-state index contributed by atoms with van der Waals surface area (Å²) in [4.78, 5) is 13.3. The predicted octanol–water partition coefficient (Wildman–Crippen LogP) is 5.45. The normalized spacial score (nSPS) is 10.6. The number of rotatable bonds is 6. The molecule has 0 unspecified atom stereocenters. The average Bonchev–Trinajstić information content (AvgIpc) is 3.43. The van der Waals surface area contributed by atoms with E-state index in [9.17, 15) is 4.79 Å². The molecule has 0 aliphatic rings. The van der Waals surface area contributed by atoms with Gasteiger partial charge in [-0.15, -0.1) is 0 Å². The molecule has 0 radical (unpaired) electrons. The molecule has 4 rings (SSSR count). The van der Waals surface area contributed by atoms with Crippen LogP contribution in [-0.2, 0) is 0 Å². The molecule has 0 atom stereocenters. The topological polar surface area (TPSA) is 61.8 Å². The van der Waals surface area contributed by atoms with Crippen molar-refractivity contribution in [1.29, 1.82) is 0 Å². The van der Waals surface area contributed by atoms with Gasteiger partial charge in [0.05, 0.1) is 26.7 Å². The largest absolute Gasteiger partial charge is 0.496 e. The summed E-state index contributed by atoms with van der Waals surface area (Å²) in [7, 11) is 3.18. The summed E-state index contributed by atoms with van der Waals surface area (Å²) in [5, 5.41) is 0. The minimum absolute atomic E-state index is 0.190. The molecule has 0 amide bonds. The van der Waals surface area contributed by atoms with E-state index < -0.39 is 0 Å². The first kappa shape index (κ1) is 17.7. The molecule has 0 aliphatic heterocycles. The van der Waals surface area contributed by atoms with Crippen molar-refractivity contribution in [2.24, 2.45) is 0 Å². The Balaban J connectivity index is 1.80. The van der Waals surface area contributed by atoms with E-state index in [1.54, 1.807) is 26.4 Å². The van der Waals surface area contributed by atoms with Gasteiger partial charge in [0.1, 0.15) is 11.5 Å². The summed E-state index contributed by atoms with van der Waals surface area (Å²) >= 11 is 0. The molecule has 140 valence electrons. The number of benzene rings is 2. The number of hydrogen-bond donors (Lipinski definition) is 0. The number of ketones is 1. The zero-order chi connectivity index (χ0) is 19.5. The molecule has 0 aliphatic carbocycles. The molecule has 2 aromatic carbocycles. The van der Waals surface area contributed by atoms with Crippen molar-refractivity contribution in [1.82, 2.24) is 0 Å². The third kappa shape index (κ3) is 2.97. The predicted molar refractivity (Wildman–Crippen MR) is 105 cm³/mol. The van der Waals surface area contributed by atoms with Gasteiger partial charge in [-0.05, 0) is 24.3 Å². The second-order valence-electron chi connectivity index (χ2n) is 6.06. The van der Waals surface area contributed by atoms with Crippen LogP contribution in [-0.4, -0.2) is 20.0 Å². The van der Waals surface area contributed by atoms with Crippen molar-refractivity contribution >= 4 is 5.78 Å². The van der Waals surface area contributed by atoms with E-state index in [2.05, 4.69) is 0 Å². The first-order chi connectivity index (χ1) is 13.7.